The summed E-state index contributed by atoms with van der Waals surface area (Å²) in [7, 11) is 4.11. The minimum atomic E-state index is 1.01. The molecule has 1 saturated carbocycles. The van der Waals surface area contributed by atoms with Crippen molar-refractivity contribution in [2.75, 3.05) is 27.2 Å². The maximum absolute atomic E-state index is 3.25. The predicted octanol–water partition coefficient (Wildman–Crippen LogP) is 2.01. The third-order valence-electron chi connectivity index (χ3n) is 3.57. The van der Waals surface area contributed by atoms with E-state index in [1.54, 1.807) is 0 Å². The Hall–Kier alpha value is -0.0800. The van der Waals surface area contributed by atoms with Gasteiger partial charge in [0.15, 0.2) is 0 Å². The fraction of sp³-hybridized carbons (Fsp3) is 1.00. The van der Waals surface area contributed by atoms with Gasteiger partial charge in [-0.15, -0.1) is 0 Å². The molecule has 0 heterocycles. The van der Waals surface area contributed by atoms with Crippen molar-refractivity contribution in [1.29, 1.82) is 0 Å². The molecule has 0 aromatic rings. The summed E-state index contributed by atoms with van der Waals surface area (Å²) in [4.78, 5) is 0. The first-order chi connectivity index (χ1) is 6.86. The average molecular weight is 198 g/mol. The lowest BCUT2D eigenvalue weighted by molar-refractivity contribution is 0.252. The van der Waals surface area contributed by atoms with Crippen LogP contribution < -0.4 is 10.6 Å². The Bertz CT molecular complexity index is 112. The highest BCUT2D eigenvalue weighted by Gasteiger charge is 2.19. The summed E-state index contributed by atoms with van der Waals surface area (Å²) in [6.07, 6.45) is 8.64. The molecule has 1 fully saturated rings. The normalized spacial score (nSPS) is 27.9. The van der Waals surface area contributed by atoms with E-state index in [1.165, 1.54) is 51.6 Å². The molecule has 1 aliphatic rings. The second-order valence-corrected chi connectivity index (χ2v) is 4.67. The number of hydrogen-bond acceptors (Lipinski definition) is 2. The average Bonchev–Trinajstić information content (AvgIpc) is 2.25. The van der Waals surface area contributed by atoms with Gasteiger partial charge >= 0.3 is 0 Å². The van der Waals surface area contributed by atoms with Gasteiger partial charge in [-0.2, -0.15) is 0 Å². The SMILES string of the molecule is CNCCC1CCC(CCNC)CC1. The molecule has 0 spiro atoms. The number of hydrogen-bond donors (Lipinski definition) is 2. The molecule has 0 saturated heterocycles. The highest BCUT2D eigenvalue weighted by molar-refractivity contribution is 4.73. The Morgan fingerprint density at radius 3 is 1.43 bits per heavy atom. The van der Waals surface area contributed by atoms with Gasteiger partial charge in [0.1, 0.15) is 0 Å². The van der Waals surface area contributed by atoms with Crippen LogP contribution in [0.15, 0.2) is 0 Å². The third-order valence-corrected chi connectivity index (χ3v) is 3.57. The minimum absolute atomic E-state index is 1.01. The molecule has 0 aromatic heterocycles. The standard InChI is InChI=1S/C12H26N2/c1-13-9-7-11-3-5-12(6-4-11)8-10-14-2/h11-14H,3-10H2,1-2H3. The van der Waals surface area contributed by atoms with Gasteiger partial charge in [0.2, 0.25) is 0 Å². The predicted molar refractivity (Wildman–Crippen MR) is 62.5 cm³/mol. The van der Waals surface area contributed by atoms with Gasteiger partial charge in [-0.1, -0.05) is 25.7 Å². The number of nitrogens with one attached hydrogen (secondary N) is 2. The van der Waals surface area contributed by atoms with E-state index >= 15 is 0 Å². The molecule has 0 atom stereocenters. The maximum atomic E-state index is 3.25. The molecule has 0 unspecified atom stereocenters. The van der Waals surface area contributed by atoms with Crippen molar-refractivity contribution in [2.45, 2.75) is 38.5 Å². The fourth-order valence-corrected chi connectivity index (χ4v) is 2.51. The molecule has 14 heavy (non-hydrogen) atoms. The van der Waals surface area contributed by atoms with Gasteiger partial charge in [-0.25, -0.2) is 0 Å². The lowest BCUT2D eigenvalue weighted by atomic mass is 9.79. The molecule has 1 aliphatic carbocycles. The highest BCUT2D eigenvalue weighted by Crippen LogP contribution is 2.31. The smallest absolute Gasteiger partial charge is 0.00493 e. The Balaban J connectivity index is 2.05. The van der Waals surface area contributed by atoms with Gasteiger partial charge in [0.25, 0.3) is 0 Å². The largest absolute Gasteiger partial charge is 0.320 e. The van der Waals surface area contributed by atoms with Crippen molar-refractivity contribution in [3.8, 4) is 0 Å². The molecule has 2 N–H and O–H groups in total. The van der Waals surface area contributed by atoms with Gasteiger partial charge in [-0.05, 0) is 51.9 Å². The molecule has 84 valence electrons. The lowest BCUT2D eigenvalue weighted by Crippen LogP contribution is -2.21. The topological polar surface area (TPSA) is 24.1 Å². The molecule has 2 nitrogen and oxygen atoms in total. The molecular weight excluding hydrogens is 172 g/mol. The van der Waals surface area contributed by atoms with Crippen LogP contribution in [0.4, 0.5) is 0 Å². The molecule has 0 aliphatic heterocycles. The first-order valence-electron chi connectivity index (χ1n) is 6.16. The van der Waals surface area contributed by atoms with Gasteiger partial charge in [0.05, 0.1) is 0 Å². The van der Waals surface area contributed by atoms with Gasteiger partial charge in [0, 0.05) is 0 Å². The van der Waals surface area contributed by atoms with Crippen LogP contribution in [0.1, 0.15) is 38.5 Å². The van der Waals surface area contributed by atoms with Crippen LogP contribution in [0, 0.1) is 11.8 Å². The van der Waals surface area contributed by atoms with Crippen LogP contribution in [0.2, 0.25) is 0 Å². The van der Waals surface area contributed by atoms with Gasteiger partial charge < -0.3 is 10.6 Å². The van der Waals surface area contributed by atoms with Crippen molar-refractivity contribution < 1.29 is 0 Å². The summed E-state index contributed by atoms with van der Waals surface area (Å²) in [6.45, 7) is 2.40. The quantitative estimate of drug-likeness (QED) is 0.682. The van der Waals surface area contributed by atoms with Crippen molar-refractivity contribution in [1.82, 2.24) is 10.6 Å². The van der Waals surface area contributed by atoms with Crippen molar-refractivity contribution >= 4 is 0 Å². The minimum Gasteiger partial charge on any atom is -0.320 e. The molecule has 0 radical (unpaired) electrons. The molecule has 0 amide bonds. The fourth-order valence-electron chi connectivity index (χ4n) is 2.51. The third kappa shape index (κ3) is 4.43. The summed E-state index contributed by atoms with van der Waals surface area (Å²) >= 11 is 0. The summed E-state index contributed by atoms with van der Waals surface area (Å²) in [6, 6.07) is 0. The molecule has 0 aromatic carbocycles. The summed E-state index contributed by atoms with van der Waals surface area (Å²) in [5, 5.41) is 6.50. The van der Waals surface area contributed by atoms with Gasteiger partial charge in [-0.3, -0.25) is 0 Å². The molecule has 1 rings (SSSR count). The number of rotatable bonds is 6. The first-order valence-corrected chi connectivity index (χ1v) is 6.16. The van der Waals surface area contributed by atoms with E-state index in [1.807, 2.05) is 0 Å². The summed E-state index contributed by atoms with van der Waals surface area (Å²) in [5.41, 5.74) is 0. The van der Waals surface area contributed by atoms with E-state index in [0.29, 0.717) is 0 Å². The second kappa shape index (κ2) is 7.24. The Labute approximate surface area is 88.8 Å². The zero-order valence-electron chi connectivity index (χ0n) is 9.81. The zero-order chi connectivity index (χ0) is 10.2. The molecule has 2 heteroatoms. The monoisotopic (exact) mass is 198 g/mol. The maximum Gasteiger partial charge on any atom is -0.00493 e. The van der Waals surface area contributed by atoms with E-state index in [4.69, 9.17) is 0 Å². The van der Waals surface area contributed by atoms with Crippen molar-refractivity contribution in [3.63, 3.8) is 0 Å². The van der Waals surface area contributed by atoms with E-state index in [-0.39, 0.29) is 0 Å². The van der Waals surface area contributed by atoms with Crippen LogP contribution in [0.5, 0.6) is 0 Å². The second-order valence-electron chi connectivity index (χ2n) is 4.67. The van der Waals surface area contributed by atoms with E-state index < -0.39 is 0 Å². The highest BCUT2D eigenvalue weighted by atomic mass is 14.8. The van der Waals surface area contributed by atoms with E-state index in [0.717, 1.165) is 11.8 Å². The lowest BCUT2D eigenvalue weighted by Gasteiger charge is -2.28. The summed E-state index contributed by atoms with van der Waals surface area (Å²) < 4.78 is 0. The molecule has 0 bridgehead atoms. The van der Waals surface area contributed by atoms with Crippen molar-refractivity contribution in [2.24, 2.45) is 11.8 Å². The van der Waals surface area contributed by atoms with E-state index in [9.17, 15) is 0 Å². The van der Waals surface area contributed by atoms with Crippen molar-refractivity contribution in [3.05, 3.63) is 0 Å². The Morgan fingerprint density at radius 1 is 0.786 bits per heavy atom. The van der Waals surface area contributed by atoms with Crippen LogP contribution in [-0.2, 0) is 0 Å². The summed E-state index contributed by atoms with van der Waals surface area (Å²) in [5.74, 6) is 2.02. The van der Waals surface area contributed by atoms with Crippen LogP contribution in [0.3, 0.4) is 0 Å². The molecular formula is C12H26N2. The van der Waals surface area contributed by atoms with Crippen LogP contribution in [-0.4, -0.2) is 27.2 Å². The van der Waals surface area contributed by atoms with E-state index in [2.05, 4.69) is 24.7 Å². The Kier molecular flexibility index (Phi) is 6.20. The van der Waals surface area contributed by atoms with Crippen LogP contribution in [0.25, 0.3) is 0 Å². The van der Waals surface area contributed by atoms with Crippen LogP contribution >= 0.6 is 0 Å². The first kappa shape index (κ1) is 12.0. The Morgan fingerprint density at radius 2 is 1.14 bits per heavy atom. The zero-order valence-corrected chi connectivity index (χ0v) is 9.81.